The molecule has 2 amide bonds. The normalized spacial score (nSPS) is 18.4. The van der Waals surface area contributed by atoms with E-state index in [0.29, 0.717) is 17.8 Å². The first-order chi connectivity index (χ1) is 14.1. The zero-order valence-electron chi connectivity index (χ0n) is 16.9. The van der Waals surface area contributed by atoms with Crippen molar-refractivity contribution in [3.63, 3.8) is 0 Å². The highest BCUT2D eigenvalue weighted by atomic mass is 16.2. The summed E-state index contributed by atoms with van der Waals surface area (Å²) in [6.07, 6.45) is 9.93. The average Bonchev–Trinajstić information content (AvgIpc) is 3.01. The van der Waals surface area contributed by atoms with E-state index in [1.54, 1.807) is 23.2 Å². The van der Waals surface area contributed by atoms with Crippen molar-refractivity contribution in [3.05, 3.63) is 71.1 Å². The van der Waals surface area contributed by atoms with Gasteiger partial charge in [0.25, 0.3) is 5.91 Å². The fraction of sp³-hybridized carbons (Fsp3) is 0.375. The smallest absolute Gasteiger partial charge is 0.260 e. The van der Waals surface area contributed by atoms with Gasteiger partial charge < -0.3 is 5.32 Å². The molecule has 5 heteroatoms. The van der Waals surface area contributed by atoms with Crippen molar-refractivity contribution in [1.29, 1.82) is 0 Å². The number of benzene rings is 1. The van der Waals surface area contributed by atoms with Gasteiger partial charge in [0.05, 0.1) is 23.7 Å². The number of amides is 2. The number of aryl methyl sites for hydroxylation is 1. The Morgan fingerprint density at radius 1 is 1.21 bits per heavy atom. The van der Waals surface area contributed by atoms with Crippen molar-refractivity contribution in [2.75, 3.05) is 11.4 Å². The van der Waals surface area contributed by atoms with E-state index in [-0.39, 0.29) is 24.3 Å². The van der Waals surface area contributed by atoms with Crippen LogP contribution in [0.25, 0.3) is 0 Å². The second-order valence-electron chi connectivity index (χ2n) is 7.87. The van der Waals surface area contributed by atoms with Crippen LogP contribution < -0.4 is 10.2 Å². The highest BCUT2D eigenvalue weighted by Gasteiger charge is 2.39. The van der Waals surface area contributed by atoms with Gasteiger partial charge in [-0.1, -0.05) is 29.3 Å². The second-order valence-corrected chi connectivity index (χ2v) is 7.87. The lowest BCUT2D eigenvalue weighted by molar-refractivity contribution is -0.121. The van der Waals surface area contributed by atoms with Gasteiger partial charge >= 0.3 is 0 Å². The monoisotopic (exact) mass is 389 g/mol. The van der Waals surface area contributed by atoms with Crippen LogP contribution in [0.3, 0.4) is 0 Å². The van der Waals surface area contributed by atoms with Crippen LogP contribution in [0, 0.1) is 6.92 Å². The standard InChI is InChI=1S/C24H27N3O2/c1-17-9-11-19(12-10-17)27-21(23-20(24(27)29)8-5-14-26-23)16-22(28)25-15-13-18-6-3-2-4-7-18/h5-6,8-12,14,21H,2-4,7,13,15-16H2,1H3,(H,25,28)/t21-/m1/s1. The third-order valence-electron chi connectivity index (χ3n) is 5.76. The van der Waals surface area contributed by atoms with Crippen LogP contribution >= 0.6 is 0 Å². The van der Waals surface area contributed by atoms with Crippen LogP contribution in [-0.2, 0) is 4.79 Å². The van der Waals surface area contributed by atoms with E-state index < -0.39 is 0 Å². The number of carbonyl (C=O) groups excluding carboxylic acids is 2. The maximum Gasteiger partial charge on any atom is 0.260 e. The summed E-state index contributed by atoms with van der Waals surface area (Å²) < 4.78 is 0. The number of nitrogens with one attached hydrogen (secondary N) is 1. The minimum Gasteiger partial charge on any atom is -0.356 e. The predicted molar refractivity (Wildman–Crippen MR) is 114 cm³/mol. The Morgan fingerprint density at radius 3 is 2.79 bits per heavy atom. The van der Waals surface area contributed by atoms with Crippen molar-refractivity contribution in [2.24, 2.45) is 0 Å². The number of anilines is 1. The molecule has 2 heterocycles. The zero-order chi connectivity index (χ0) is 20.2. The predicted octanol–water partition coefficient (Wildman–Crippen LogP) is 4.49. The van der Waals surface area contributed by atoms with Crippen molar-refractivity contribution >= 4 is 17.5 Å². The molecule has 0 saturated carbocycles. The molecule has 0 spiro atoms. The molecule has 150 valence electrons. The molecule has 2 aromatic rings. The summed E-state index contributed by atoms with van der Waals surface area (Å²) in [6.45, 7) is 2.66. The molecule has 0 saturated heterocycles. The first-order valence-corrected chi connectivity index (χ1v) is 10.4. The van der Waals surface area contributed by atoms with E-state index in [1.165, 1.54) is 18.4 Å². The first kappa shape index (κ1) is 19.4. The van der Waals surface area contributed by atoms with Gasteiger partial charge in [0.2, 0.25) is 5.91 Å². The molecule has 2 aliphatic rings. The highest BCUT2D eigenvalue weighted by Crippen LogP contribution is 2.38. The number of allylic oxidation sites excluding steroid dienone is 1. The molecule has 1 aliphatic heterocycles. The lowest BCUT2D eigenvalue weighted by Crippen LogP contribution is -2.33. The highest BCUT2D eigenvalue weighted by molar-refractivity contribution is 6.11. The first-order valence-electron chi connectivity index (χ1n) is 10.4. The number of fused-ring (bicyclic) bond motifs is 1. The number of nitrogens with zero attached hydrogens (tertiary/aromatic N) is 2. The fourth-order valence-electron chi connectivity index (χ4n) is 4.19. The summed E-state index contributed by atoms with van der Waals surface area (Å²) in [6, 6.07) is 11.0. The SMILES string of the molecule is Cc1ccc(N2C(=O)c3cccnc3[C@H]2CC(=O)NCCC2=CCCCC2)cc1. The van der Waals surface area contributed by atoms with Gasteiger partial charge in [0.1, 0.15) is 0 Å². The minimum atomic E-state index is -0.379. The Labute approximate surface area is 171 Å². The summed E-state index contributed by atoms with van der Waals surface area (Å²) in [5, 5.41) is 3.04. The fourth-order valence-corrected chi connectivity index (χ4v) is 4.19. The topological polar surface area (TPSA) is 62.3 Å². The van der Waals surface area contributed by atoms with Crippen molar-refractivity contribution in [2.45, 2.75) is 51.5 Å². The third-order valence-corrected chi connectivity index (χ3v) is 5.76. The summed E-state index contributed by atoms with van der Waals surface area (Å²) >= 11 is 0. The number of aromatic nitrogens is 1. The molecule has 1 atom stereocenters. The molecule has 1 aliphatic carbocycles. The molecule has 0 unspecified atom stereocenters. The average molecular weight is 389 g/mol. The van der Waals surface area contributed by atoms with Crippen molar-refractivity contribution < 1.29 is 9.59 Å². The Hall–Kier alpha value is -2.95. The number of hydrogen-bond donors (Lipinski definition) is 1. The number of pyridine rings is 1. The van der Waals surface area contributed by atoms with Crippen LogP contribution in [0.5, 0.6) is 0 Å². The summed E-state index contributed by atoms with van der Waals surface area (Å²) in [5.74, 6) is -0.142. The Bertz CT molecular complexity index is 933. The Balaban J connectivity index is 1.48. The van der Waals surface area contributed by atoms with Crippen LogP contribution in [-0.4, -0.2) is 23.3 Å². The van der Waals surface area contributed by atoms with Crippen LogP contribution in [0.4, 0.5) is 5.69 Å². The van der Waals surface area contributed by atoms with Gasteiger partial charge in [-0.25, -0.2) is 0 Å². The largest absolute Gasteiger partial charge is 0.356 e. The summed E-state index contributed by atoms with van der Waals surface area (Å²) in [4.78, 5) is 31.9. The van der Waals surface area contributed by atoms with Crippen LogP contribution in [0.2, 0.25) is 0 Å². The molecular weight excluding hydrogens is 362 g/mol. The lowest BCUT2D eigenvalue weighted by atomic mass is 9.97. The molecule has 4 rings (SSSR count). The number of rotatable bonds is 6. The minimum absolute atomic E-state index is 0.0465. The summed E-state index contributed by atoms with van der Waals surface area (Å²) in [5.41, 5.74) is 4.63. The maximum absolute atomic E-state index is 13.0. The van der Waals surface area contributed by atoms with E-state index >= 15 is 0 Å². The molecule has 1 N–H and O–H groups in total. The number of hydrogen-bond acceptors (Lipinski definition) is 3. The van der Waals surface area contributed by atoms with E-state index in [1.807, 2.05) is 31.2 Å². The molecule has 0 bridgehead atoms. The third kappa shape index (κ3) is 4.24. The molecule has 0 fully saturated rings. The van der Waals surface area contributed by atoms with Crippen LogP contribution in [0.1, 0.15) is 66.2 Å². The van der Waals surface area contributed by atoms with Crippen LogP contribution in [0.15, 0.2) is 54.2 Å². The van der Waals surface area contributed by atoms with Gasteiger partial charge in [0.15, 0.2) is 0 Å². The molecule has 5 nitrogen and oxygen atoms in total. The Morgan fingerprint density at radius 2 is 2.03 bits per heavy atom. The van der Waals surface area contributed by atoms with Crippen molar-refractivity contribution in [1.82, 2.24) is 10.3 Å². The van der Waals surface area contributed by atoms with E-state index in [9.17, 15) is 9.59 Å². The molecule has 29 heavy (non-hydrogen) atoms. The quantitative estimate of drug-likeness (QED) is 0.741. The molecular formula is C24H27N3O2. The Kier molecular flexibility index (Phi) is 5.74. The zero-order valence-corrected chi connectivity index (χ0v) is 16.9. The molecule has 1 aromatic heterocycles. The van der Waals surface area contributed by atoms with Gasteiger partial charge in [0, 0.05) is 18.4 Å². The van der Waals surface area contributed by atoms with E-state index in [0.717, 1.165) is 30.5 Å². The second kappa shape index (κ2) is 8.60. The van der Waals surface area contributed by atoms with Gasteiger partial charge in [-0.15, -0.1) is 0 Å². The van der Waals surface area contributed by atoms with E-state index in [4.69, 9.17) is 0 Å². The number of carbonyl (C=O) groups is 2. The molecule has 1 aromatic carbocycles. The van der Waals surface area contributed by atoms with Gasteiger partial charge in [-0.3, -0.25) is 19.5 Å². The van der Waals surface area contributed by atoms with Gasteiger partial charge in [-0.2, -0.15) is 0 Å². The lowest BCUT2D eigenvalue weighted by Gasteiger charge is -2.25. The van der Waals surface area contributed by atoms with Gasteiger partial charge in [-0.05, 0) is 63.3 Å². The van der Waals surface area contributed by atoms with E-state index in [2.05, 4.69) is 16.4 Å². The maximum atomic E-state index is 13.0. The van der Waals surface area contributed by atoms with Crippen molar-refractivity contribution in [3.8, 4) is 0 Å². The molecule has 0 radical (unpaired) electrons. The summed E-state index contributed by atoms with van der Waals surface area (Å²) in [7, 11) is 0.